The molecule has 0 bridgehead atoms. The molecule has 33 heavy (non-hydrogen) atoms. The van der Waals surface area contributed by atoms with Gasteiger partial charge in [0.15, 0.2) is 0 Å². The molecule has 0 saturated heterocycles. The lowest BCUT2D eigenvalue weighted by molar-refractivity contribution is 0.0964. The van der Waals surface area contributed by atoms with E-state index in [-0.39, 0.29) is 36.3 Å². The third kappa shape index (κ3) is 5.06. The maximum atomic E-state index is 14.6. The number of nitrogens with one attached hydrogen (secondary N) is 2. The summed E-state index contributed by atoms with van der Waals surface area (Å²) in [6, 6.07) is 9.15. The summed E-state index contributed by atoms with van der Waals surface area (Å²) in [6.07, 6.45) is 4.32. The van der Waals surface area contributed by atoms with Crippen molar-refractivity contribution in [1.82, 2.24) is 25.3 Å². The molecule has 0 unspecified atom stereocenters. The SMILES string of the molecule is CNC(=O)c1ccnc2c([C@H](C)CNc3cc(-c4ccc(F)nc4)ncn3)ccc(F)c12.S. The summed E-state index contributed by atoms with van der Waals surface area (Å²) in [7, 11) is 1.50. The molecule has 10 heteroatoms. The van der Waals surface area contributed by atoms with Crippen LogP contribution in [0.4, 0.5) is 14.6 Å². The second-order valence-electron chi connectivity index (χ2n) is 7.24. The second kappa shape index (κ2) is 10.3. The van der Waals surface area contributed by atoms with Crippen LogP contribution in [0.5, 0.6) is 0 Å². The van der Waals surface area contributed by atoms with Crippen LogP contribution in [0, 0.1) is 11.8 Å². The lowest BCUT2D eigenvalue weighted by Crippen LogP contribution is -2.19. The summed E-state index contributed by atoms with van der Waals surface area (Å²) in [5.41, 5.74) is 2.76. The van der Waals surface area contributed by atoms with Crippen LogP contribution in [0.2, 0.25) is 0 Å². The zero-order valence-electron chi connectivity index (χ0n) is 17.9. The lowest BCUT2D eigenvalue weighted by Gasteiger charge is -2.17. The summed E-state index contributed by atoms with van der Waals surface area (Å²) in [6.45, 7) is 2.45. The minimum absolute atomic E-state index is 0. The zero-order valence-corrected chi connectivity index (χ0v) is 18.9. The molecule has 4 aromatic rings. The molecule has 1 atom stereocenters. The van der Waals surface area contributed by atoms with Crippen molar-refractivity contribution in [3.05, 3.63) is 78.0 Å². The minimum atomic E-state index is -0.560. The van der Waals surface area contributed by atoms with E-state index in [0.29, 0.717) is 29.1 Å². The van der Waals surface area contributed by atoms with E-state index >= 15 is 0 Å². The summed E-state index contributed by atoms with van der Waals surface area (Å²) in [4.78, 5) is 28.6. The smallest absolute Gasteiger partial charge is 0.251 e. The maximum Gasteiger partial charge on any atom is 0.251 e. The molecule has 1 aromatic carbocycles. The van der Waals surface area contributed by atoms with Crippen LogP contribution >= 0.6 is 13.5 Å². The number of nitrogens with zero attached hydrogens (tertiary/aromatic N) is 4. The Kier molecular flexibility index (Phi) is 7.49. The Morgan fingerprint density at radius 1 is 1.06 bits per heavy atom. The van der Waals surface area contributed by atoms with Crippen LogP contribution in [0.3, 0.4) is 0 Å². The summed E-state index contributed by atoms with van der Waals surface area (Å²) < 4.78 is 27.7. The number of hydrogen-bond acceptors (Lipinski definition) is 6. The Hall–Kier alpha value is -3.66. The third-order valence-electron chi connectivity index (χ3n) is 5.15. The topological polar surface area (TPSA) is 92.7 Å². The van der Waals surface area contributed by atoms with Crippen molar-refractivity contribution in [2.45, 2.75) is 12.8 Å². The average Bonchev–Trinajstić information content (AvgIpc) is 2.82. The van der Waals surface area contributed by atoms with Crippen molar-refractivity contribution in [2.75, 3.05) is 18.9 Å². The maximum absolute atomic E-state index is 14.6. The first-order valence-corrected chi connectivity index (χ1v) is 9.95. The van der Waals surface area contributed by atoms with Gasteiger partial charge in [-0.2, -0.15) is 17.9 Å². The van der Waals surface area contributed by atoms with E-state index in [2.05, 4.69) is 30.6 Å². The van der Waals surface area contributed by atoms with E-state index in [1.807, 2.05) is 6.92 Å². The van der Waals surface area contributed by atoms with Gasteiger partial charge in [-0.1, -0.05) is 13.0 Å². The molecule has 7 nitrogen and oxygen atoms in total. The van der Waals surface area contributed by atoms with Crippen LogP contribution in [0.15, 0.2) is 55.1 Å². The van der Waals surface area contributed by atoms with Crippen molar-refractivity contribution in [2.24, 2.45) is 0 Å². The van der Waals surface area contributed by atoms with Crippen molar-refractivity contribution in [3.8, 4) is 11.3 Å². The molecular formula is C23H22F2N6OS. The van der Waals surface area contributed by atoms with E-state index in [1.165, 1.54) is 44.0 Å². The predicted molar refractivity (Wildman–Crippen MR) is 128 cm³/mol. The number of carbonyl (C=O) groups excluding carboxylic acids is 1. The first kappa shape index (κ1) is 24.0. The molecule has 0 aliphatic heterocycles. The number of pyridine rings is 2. The number of aromatic nitrogens is 4. The number of rotatable bonds is 6. The Balaban J connectivity index is 0.00000306. The van der Waals surface area contributed by atoms with Gasteiger partial charge in [0, 0.05) is 48.9 Å². The Morgan fingerprint density at radius 2 is 1.88 bits per heavy atom. The van der Waals surface area contributed by atoms with E-state index in [4.69, 9.17) is 0 Å². The van der Waals surface area contributed by atoms with Gasteiger partial charge in [0.1, 0.15) is 18.0 Å². The summed E-state index contributed by atoms with van der Waals surface area (Å²) >= 11 is 0. The molecule has 170 valence electrons. The highest BCUT2D eigenvalue weighted by atomic mass is 32.1. The van der Waals surface area contributed by atoms with E-state index in [1.54, 1.807) is 18.2 Å². The molecule has 0 aliphatic rings. The van der Waals surface area contributed by atoms with Gasteiger partial charge in [0.2, 0.25) is 5.95 Å². The molecule has 3 heterocycles. The molecule has 0 saturated carbocycles. The Morgan fingerprint density at radius 3 is 2.61 bits per heavy atom. The van der Waals surface area contributed by atoms with Gasteiger partial charge < -0.3 is 10.6 Å². The van der Waals surface area contributed by atoms with E-state index in [0.717, 1.165) is 5.56 Å². The van der Waals surface area contributed by atoms with Crippen LogP contribution in [0.25, 0.3) is 22.2 Å². The largest absolute Gasteiger partial charge is 0.369 e. The van der Waals surface area contributed by atoms with Crippen molar-refractivity contribution < 1.29 is 13.6 Å². The zero-order chi connectivity index (χ0) is 22.7. The molecule has 0 aliphatic carbocycles. The fourth-order valence-electron chi connectivity index (χ4n) is 3.48. The fourth-order valence-corrected chi connectivity index (χ4v) is 3.48. The highest BCUT2D eigenvalue weighted by Crippen LogP contribution is 2.29. The number of carbonyl (C=O) groups is 1. The predicted octanol–water partition coefficient (Wildman–Crippen LogP) is 4.05. The molecule has 1 amide bonds. The fraction of sp³-hybridized carbons (Fsp3) is 0.174. The van der Waals surface area contributed by atoms with Crippen LogP contribution in [0.1, 0.15) is 28.8 Å². The van der Waals surface area contributed by atoms with Crippen molar-refractivity contribution >= 4 is 36.1 Å². The molecule has 0 radical (unpaired) electrons. The van der Waals surface area contributed by atoms with Crippen molar-refractivity contribution in [1.29, 1.82) is 0 Å². The lowest BCUT2D eigenvalue weighted by atomic mass is 9.95. The molecular weight excluding hydrogens is 446 g/mol. The molecule has 0 fully saturated rings. The standard InChI is InChI=1S/C23H20F2N6O.H2S/c1-13(10-29-20-9-18(30-12-31-20)14-3-6-19(25)28-11-14)15-4-5-17(24)21-16(23(32)26-2)7-8-27-22(15)21;/h3-9,11-13H,10H2,1-2H3,(H,26,32)(H,29,30,31);1H2/t13-;/m1./s1. The number of benzene rings is 1. The molecule has 4 rings (SSSR count). The van der Waals surface area contributed by atoms with Gasteiger partial charge in [-0.05, 0) is 29.8 Å². The number of fused-ring (bicyclic) bond motifs is 1. The number of hydrogen-bond donors (Lipinski definition) is 2. The van der Waals surface area contributed by atoms with Crippen LogP contribution < -0.4 is 10.6 Å². The molecule has 0 spiro atoms. The van der Waals surface area contributed by atoms with Gasteiger partial charge >= 0.3 is 0 Å². The van der Waals surface area contributed by atoms with Crippen molar-refractivity contribution in [3.63, 3.8) is 0 Å². The normalized spacial score (nSPS) is 11.5. The number of halogens is 2. The minimum Gasteiger partial charge on any atom is -0.369 e. The number of amides is 1. The van der Waals surface area contributed by atoms with Gasteiger partial charge in [-0.25, -0.2) is 19.3 Å². The highest BCUT2D eigenvalue weighted by Gasteiger charge is 2.18. The number of anilines is 1. The van der Waals surface area contributed by atoms with Crippen LogP contribution in [-0.4, -0.2) is 39.4 Å². The monoisotopic (exact) mass is 468 g/mol. The Bertz CT molecular complexity index is 1290. The highest BCUT2D eigenvalue weighted by molar-refractivity contribution is 7.59. The summed E-state index contributed by atoms with van der Waals surface area (Å²) in [5, 5.41) is 5.98. The second-order valence-corrected chi connectivity index (χ2v) is 7.24. The van der Waals surface area contributed by atoms with Gasteiger partial charge in [0.05, 0.1) is 16.8 Å². The van der Waals surface area contributed by atoms with E-state index in [9.17, 15) is 13.6 Å². The molecule has 3 aromatic heterocycles. The first-order chi connectivity index (χ1) is 15.5. The average molecular weight is 469 g/mol. The van der Waals surface area contributed by atoms with Crippen LogP contribution in [-0.2, 0) is 0 Å². The van der Waals surface area contributed by atoms with E-state index < -0.39 is 11.8 Å². The summed E-state index contributed by atoms with van der Waals surface area (Å²) in [5.74, 6) is -0.922. The van der Waals surface area contributed by atoms with Gasteiger partial charge in [-0.3, -0.25) is 9.78 Å². The first-order valence-electron chi connectivity index (χ1n) is 9.95. The van der Waals surface area contributed by atoms with Gasteiger partial charge in [0.25, 0.3) is 5.91 Å². The Labute approximate surface area is 196 Å². The van der Waals surface area contributed by atoms with Gasteiger partial charge in [-0.15, -0.1) is 0 Å². The molecule has 2 N–H and O–H groups in total. The quantitative estimate of drug-likeness (QED) is 0.415. The third-order valence-corrected chi connectivity index (χ3v) is 5.15.